The van der Waals surface area contributed by atoms with Gasteiger partial charge in [-0.25, -0.2) is 0 Å². The molecule has 0 aliphatic heterocycles. The van der Waals surface area contributed by atoms with Crippen molar-refractivity contribution in [3.05, 3.63) is 0 Å². The van der Waals surface area contributed by atoms with E-state index in [1.165, 1.54) is 19.3 Å². The van der Waals surface area contributed by atoms with Crippen molar-refractivity contribution >= 4 is 11.9 Å². The van der Waals surface area contributed by atoms with Gasteiger partial charge in [0.15, 0.2) is 0 Å². The highest BCUT2D eigenvalue weighted by atomic mass is 16.4. The van der Waals surface area contributed by atoms with Crippen LogP contribution in [0.4, 0.5) is 0 Å². The minimum absolute atomic E-state index is 0.00479. The first-order valence-electron chi connectivity index (χ1n) is 5.59. The van der Waals surface area contributed by atoms with Crippen LogP contribution in [-0.2, 0) is 9.59 Å². The van der Waals surface area contributed by atoms with Crippen LogP contribution in [0.25, 0.3) is 0 Å². The fourth-order valence-corrected chi connectivity index (χ4v) is 1.78. The lowest BCUT2D eigenvalue weighted by Crippen LogP contribution is -2.34. The van der Waals surface area contributed by atoms with Gasteiger partial charge in [0.25, 0.3) is 0 Å². The molecule has 0 aromatic carbocycles. The maximum atomic E-state index is 11.4. The van der Waals surface area contributed by atoms with Gasteiger partial charge in [-0.3, -0.25) is 9.59 Å². The molecule has 1 saturated carbocycles. The van der Waals surface area contributed by atoms with Crippen molar-refractivity contribution < 1.29 is 14.7 Å². The number of carboxylic acids is 1. The highest BCUT2D eigenvalue weighted by Gasteiger charge is 2.19. The van der Waals surface area contributed by atoms with Gasteiger partial charge < -0.3 is 10.4 Å². The number of rotatable bonds is 6. The van der Waals surface area contributed by atoms with Gasteiger partial charge in [-0.05, 0) is 19.3 Å². The summed E-state index contributed by atoms with van der Waals surface area (Å²) in [5, 5.41) is 11.2. The molecule has 4 nitrogen and oxygen atoms in total. The van der Waals surface area contributed by atoms with Crippen LogP contribution < -0.4 is 5.32 Å². The second-order valence-corrected chi connectivity index (χ2v) is 4.40. The van der Waals surface area contributed by atoms with E-state index in [-0.39, 0.29) is 18.4 Å². The molecular formula is C11H19NO3. The molecular weight excluding hydrogens is 194 g/mol. The minimum atomic E-state index is -0.873. The SMILES string of the molecule is CC(CC(=O)O)NC(=O)CCC1CCC1. The molecule has 1 rings (SSSR count). The van der Waals surface area contributed by atoms with Gasteiger partial charge in [-0.15, -0.1) is 0 Å². The van der Waals surface area contributed by atoms with Crippen molar-refractivity contribution in [1.29, 1.82) is 0 Å². The van der Waals surface area contributed by atoms with E-state index in [4.69, 9.17) is 5.11 Å². The van der Waals surface area contributed by atoms with E-state index in [1.54, 1.807) is 6.92 Å². The van der Waals surface area contributed by atoms with Crippen molar-refractivity contribution in [3.63, 3.8) is 0 Å². The van der Waals surface area contributed by atoms with E-state index >= 15 is 0 Å². The summed E-state index contributed by atoms with van der Waals surface area (Å²) >= 11 is 0. The summed E-state index contributed by atoms with van der Waals surface area (Å²) in [6.07, 6.45) is 5.27. The van der Waals surface area contributed by atoms with Gasteiger partial charge in [0.2, 0.25) is 5.91 Å². The molecule has 0 bridgehead atoms. The lowest BCUT2D eigenvalue weighted by atomic mass is 9.82. The number of carboxylic acid groups (broad SMARTS) is 1. The first kappa shape index (κ1) is 12.0. The van der Waals surface area contributed by atoms with E-state index in [1.807, 2.05) is 0 Å². The van der Waals surface area contributed by atoms with Crippen LogP contribution in [-0.4, -0.2) is 23.0 Å². The normalized spacial score (nSPS) is 17.9. The molecule has 1 atom stereocenters. The van der Waals surface area contributed by atoms with Gasteiger partial charge in [0.05, 0.1) is 6.42 Å². The summed E-state index contributed by atoms with van der Waals surface area (Å²) in [4.78, 5) is 21.7. The smallest absolute Gasteiger partial charge is 0.305 e. The Morgan fingerprint density at radius 1 is 1.47 bits per heavy atom. The Balaban J connectivity index is 2.08. The molecule has 1 aliphatic rings. The third kappa shape index (κ3) is 4.81. The predicted molar refractivity (Wildman–Crippen MR) is 56.4 cm³/mol. The van der Waals surface area contributed by atoms with Crippen LogP contribution in [0.1, 0.15) is 45.4 Å². The Bertz CT molecular complexity index is 236. The summed E-state index contributed by atoms with van der Waals surface area (Å²) in [7, 11) is 0. The highest BCUT2D eigenvalue weighted by Crippen LogP contribution is 2.30. The Hall–Kier alpha value is -1.06. The van der Waals surface area contributed by atoms with Crippen molar-refractivity contribution in [2.75, 3.05) is 0 Å². The second kappa shape index (κ2) is 5.73. The first-order valence-corrected chi connectivity index (χ1v) is 5.59. The standard InChI is InChI=1S/C11H19NO3/c1-8(7-11(14)15)12-10(13)6-5-9-3-2-4-9/h8-9H,2-7H2,1H3,(H,12,13)(H,14,15). The maximum absolute atomic E-state index is 11.4. The minimum Gasteiger partial charge on any atom is -0.481 e. The van der Waals surface area contributed by atoms with Crippen LogP contribution >= 0.6 is 0 Å². The molecule has 0 saturated heterocycles. The Labute approximate surface area is 90.0 Å². The number of hydrogen-bond acceptors (Lipinski definition) is 2. The molecule has 1 unspecified atom stereocenters. The van der Waals surface area contributed by atoms with E-state index in [2.05, 4.69) is 5.32 Å². The lowest BCUT2D eigenvalue weighted by Gasteiger charge is -2.25. The number of nitrogens with one attached hydrogen (secondary N) is 1. The average Bonchev–Trinajstić information content (AvgIpc) is 1.98. The summed E-state index contributed by atoms with van der Waals surface area (Å²) < 4.78 is 0. The topological polar surface area (TPSA) is 66.4 Å². The molecule has 1 amide bonds. The molecule has 86 valence electrons. The van der Waals surface area contributed by atoms with E-state index in [9.17, 15) is 9.59 Å². The van der Waals surface area contributed by atoms with Crippen LogP contribution in [0, 0.1) is 5.92 Å². The molecule has 0 spiro atoms. The van der Waals surface area contributed by atoms with Crippen LogP contribution in [0.2, 0.25) is 0 Å². The molecule has 1 fully saturated rings. The molecule has 0 radical (unpaired) electrons. The number of amides is 1. The summed E-state index contributed by atoms with van der Waals surface area (Å²) in [5.74, 6) is -0.164. The summed E-state index contributed by atoms with van der Waals surface area (Å²) in [6.45, 7) is 1.72. The number of aliphatic carboxylic acids is 1. The first-order chi connectivity index (χ1) is 7.08. The van der Waals surface area contributed by atoms with Gasteiger partial charge >= 0.3 is 5.97 Å². The predicted octanol–water partition coefficient (Wildman–Crippen LogP) is 1.55. The number of carbonyl (C=O) groups is 2. The van der Waals surface area contributed by atoms with Gasteiger partial charge in [-0.1, -0.05) is 19.3 Å². The quantitative estimate of drug-likeness (QED) is 0.703. The average molecular weight is 213 g/mol. The number of hydrogen-bond donors (Lipinski definition) is 2. The van der Waals surface area contributed by atoms with E-state index in [0.717, 1.165) is 12.3 Å². The summed E-state index contributed by atoms with van der Waals surface area (Å²) in [5.41, 5.74) is 0. The third-order valence-corrected chi connectivity index (χ3v) is 2.89. The molecule has 2 N–H and O–H groups in total. The molecule has 0 aromatic rings. The van der Waals surface area contributed by atoms with Crippen molar-refractivity contribution in [2.24, 2.45) is 5.92 Å². The van der Waals surface area contributed by atoms with Crippen molar-refractivity contribution in [1.82, 2.24) is 5.32 Å². The zero-order valence-electron chi connectivity index (χ0n) is 9.16. The molecule has 0 aromatic heterocycles. The zero-order chi connectivity index (χ0) is 11.3. The highest BCUT2D eigenvalue weighted by molar-refractivity contribution is 5.77. The zero-order valence-corrected chi connectivity index (χ0v) is 9.16. The van der Waals surface area contributed by atoms with Crippen molar-refractivity contribution in [2.45, 2.75) is 51.5 Å². The lowest BCUT2D eigenvalue weighted by molar-refractivity contribution is -0.137. The van der Waals surface area contributed by atoms with Crippen LogP contribution in [0.15, 0.2) is 0 Å². The Morgan fingerprint density at radius 3 is 2.60 bits per heavy atom. The third-order valence-electron chi connectivity index (χ3n) is 2.89. The fraction of sp³-hybridized carbons (Fsp3) is 0.818. The van der Waals surface area contributed by atoms with E-state index in [0.29, 0.717) is 6.42 Å². The molecule has 0 heterocycles. The number of carbonyl (C=O) groups excluding carboxylic acids is 1. The Morgan fingerprint density at radius 2 is 2.13 bits per heavy atom. The monoisotopic (exact) mass is 213 g/mol. The Kier molecular flexibility index (Phi) is 4.59. The molecule has 4 heteroatoms. The second-order valence-electron chi connectivity index (χ2n) is 4.40. The largest absolute Gasteiger partial charge is 0.481 e. The molecule has 15 heavy (non-hydrogen) atoms. The fourth-order valence-electron chi connectivity index (χ4n) is 1.78. The molecule has 1 aliphatic carbocycles. The van der Waals surface area contributed by atoms with Crippen molar-refractivity contribution in [3.8, 4) is 0 Å². The van der Waals surface area contributed by atoms with Crippen LogP contribution in [0.3, 0.4) is 0 Å². The maximum Gasteiger partial charge on any atom is 0.305 e. The van der Waals surface area contributed by atoms with Gasteiger partial charge in [0, 0.05) is 12.5 Å². The summed E-state index contributed by atoms with van der Waals surface area (Å²) in [6, 6.07) is -0.267. The van der Waals surface area contributed by atoms with E-state index < -0.39 is 5.97 Å². The van der Waals surface area contributed by atoms with Crippen LogP contribution in [0.5, 0.6) is 0 Å². The van der Waals surface area contributed by atoms with Gasteiger partial charge in [0.1, 0.15) is 0 Å². The van der Waals surface area contributed by atoms with Gasteiger partial charge in [-0.2, -0.15) is 0 Å².